The van der Waals surface area contributed by atoms with Gasteiger partial charge in [-0.2, -0.15) is 0 Å². The molecule has 0 saturated heterocycles. The summed E-state index contributed by atoms with van der Waals surface area (Å²) >= 11 is 0. The van der Waals surface area contributed by atoms with E-state index in [1.54, 1.807) is 6.07 Å². The fourth-order valence-corrected chi connectivity index (χ4v) is 2.88. The van der Waals surface area contributed by atoms with E-state index in [-0.39, 0.29) is 0 Å². The molecule has 0 aromatic heterocycles. The van der Waals surface area contributed by atoms with Gasteiger partial charge in [-0.15, -0.1) is 0 Å². The summed E-state index contributed by atoms with van der Waals surface area (Å²) in [6, 6.07) is 5.57. The lowest BCUT2D eigenvalue weighted by atomic mass is 9.75. The van der Waals surface area contributed by atoms with E-state index in [1.807, 2.05) is 19.1 Å². The van der Waals surface area contributed by atoms with Gasteiger partial charge in [0.05, 0.1) is 5.56 Å². The van der Waals surface area contributed by atoms with E-state index >= 15 is 0 Å². The van der Waals surface area contributed by atoms with Crippen LogP contribution >= 0.6 is 0 Å². The summed E-state index contributed by atoms with van der Waals surface area (Å²) in [7, 11) is 0. The lowest BCUT2D eigenvalue weighted by molar-refractivity contribution is 0.0697. The first-order valence-corrected chi connectivity index (χ1v) is 7.08. The fraction of sp³-hybridized carbons (Fsp3) is 0.562. The molecule has 0 spiro atoms. The van der Waals surface area contributed by atoms with Gasteiger partial charge in [0.1, 0.15) is 0 Å². The van der Waals surface area contributed by atoms with Crippen LogP contribution in [0.15, 0.2) is 18.2 Å². The van der Waals surface area contributed by atoms with Crippen LogP contribution in [-0.2, 0) is 0 Å². The predicted molar refractivity (Wildman–Crippen MR) is 77.8 cm³/mol. The molecule has 1 saturated carbocycles. The molecule has 1 fully saturated rings. The van der Waals surface area contributed by atoms with Crippen molar-refractivity contribution in [3.63, 3.8) is 0 Å². The Morgan fingerprint density at radius 3 is 2.63 bits per heavy atom. The maximum atomic E-state index is 11.3. The average molecular weight is 261 g/mol. The normalized spacial score (nSPS) is 18.0. The minimum atomic E-state index is -0.861. The van der Waals surface area contributed by atoms with E-state index in [2.05, 4.69) is 12.2 Å². The van der Waals surface area contributed by atoms with Gasteiger partial charge in [-0.1, -0.05) is 37.8 Å². The van der Waals surface area contributed by atoms with Crippen LogP contribution in [0.5, 0.6) is 0 Å². The second-order valence-electron chi connectivity index (χ2n) is 6.08. The standard InChI is InChI=1S/C16H23NO2/c1-12-6-7-14(13(10-12)15(18)19)17-11-16(2)8-4-3-5-9-16/h6-7,10,17H,3-5,8-9,11H2,1-2H3,(H,18,19). The number of hydrogen-bond acceptors (Lipinski definition) is 2. The molecular formula is C16H23NO2. The number of nitrogens with one attached hydrogen (secondary N) is 1. The number of rotatable bonds is 4. The monoisotopic (exact) mass is 261 g/mol. The number of carbonyl (C=O) groups is 1. The van der Waals surface area contributed by atoms with Crippen LogP contribution < -0.4 is 5.32 Å². The van der Waals surface area contributed by atoms with Crippen molar-refractivity contribution in [2.45, 2.75) is 46.0 Å². The Balaban J connectivity index is 2.08. The van der Waals surface area contributed by atoms with E-state index in [4.69, 9.17) is 0 Å². The van der Waals surface area contributed by atoms with E-state index in [9.17, 15) is 9.90 Å². The van der Waals surface area contributed by atoms with Gasteiger partial charge in [-0.3, -0.25) is 0 Å². The highest BCUT2D eigenvalue weighted by atomic mass is 16.4. The van der Waals surface area contributed by atoms with Crippen molar-refractivity contribution in [1.29, 1.82) is 0 Å². The van der Waals surface area contributed by atoms with Crippen LogP contribution in [0.3, 0.4) is 0 Å². The van der Waals surface area contributed by atoms with Gasteiger partial charge in [0.15, 0.2) is 0 Å². The molecule has 1 aromatic rings. The molecule has 104 valence electrons. The summed E-state index contributed by atoms with van der Waals surface area (Å²) in [5.74, 6) is -0.861. The Kier molecular flexibility index (Phi) is 4.13. The Morgan fingerprint density at radius 2 is 2.00 bits per heavy atom. The average Bonchev–Trinajstić information content (AvgIpc) is 2.38. The molecular weight excluding hydrogens is 238 g/mol. The van der Waals surface area contributed by atoms with Gasteiger partial charge in [0, 0.05) is 12.2 Å². The maximum Gasteiger partial charge on any atom is 0.337 e. The Labute approximate surface area is 115 Å². The van der Waals surface area contributed by atoms with Crippen LogP contribution in [0, 0.1) is 12.3 Å². The zero-order valence-corrected chi connectivity index (χ0v) is 11.8. The summed E-state index contributed by atoms with van der Waals surface area (Å²) in [5, 5.41) is 12.6. The summed E-state index contributed by atoms with van der Waals surface area (Å²) < 4.78 is 0. The van der Waals surface area contributed by atoms with Crippen molar-refractivity contribution in [3.8, 4) is 0 Å². The lowest BCUT2D eigenvalue weighted by Gasteiger charge is -2.34. The number of aryl methyl sites for hydroxylation is 1. The molecule has 0 unspecified atom stereocenters. The van der Waals surface area contributed by atoms with Crippen molar-refractivity contribution < 1.29 is 9.90 Å². The molecule has 19 heavy (non-hydrogen) atoms. The van der Waals surface area contributed by atoms with Gasteiger partial charge >= 0.3 is 5.97 Å². The fourth-order valence-electron chi connectivity index (χ4n) is 2.88. The summed E-state index contributed by atoms with van der Waals surface area (Å²) in [6.07, 6.45) is 6.37. The number of aromatic carboxylic acids is 1. The third-order valence-electron chi connectivity index (χ3n) is 4.17. The Bertz CT molecular complexity index is 462. The molecule has 3 nitrogen and oxygen atoms in total. The summed E-state index contributed by atoms with van der Waals surface area (Å²) in [5.41, 5.74) is 2.40. The Morgan fingerprint density at radius 1 is 1.32 bits per heavy atom. The molecule has 1 aliphatic carbocycles. The maximum absolute atomic E-state index is 11.3. The molecule has 0 amide bonds. The van der Waals surface area contributed by atoms with Crippen LogP contribution in [0.2, 0.25) is 0 Å². The third kappa shape index (κ3) is 3.49. The van der Waals surface area contributed by atoms with Crippen molar-refractivity contribution >= 4 is 11.7 Å². The number of carboxylic acid groups (broad SMARTS) is 1. The predicted octanol–water partition coefficient (Wildman–Crippen LogP) is 4.08. The third-order valence-corrected chi connectivity index (χ3v) is 4.17. The summed E-state index contributed by atoms with van der Waals surface area (Å²) in [6.45, 7) is 5.07. The number of hydrogen-bond donors (Lipinski definition) is 2. The van der Waals surface area contributed by atoms with Crippen LogP contribution in [-0.4, -0.2) is 17.6 Å². The quantitative estimate of drug-likeness (QED) is 0.858. The summed E-state index contributed by atoms with van der Waals surface area (Å²) in [4.78, 5) is 11.3. The van der Waals surface area contributed by atoms with Crippen LogP contribution in [0.4, 0.5) is 5.69 Å². The number of benzene rings is 1. The smallest absolute Gasteiger partial charge is 0.337 e. The zero-order chi connectivity index (χ0) is 13.9. The minimum absolute atomic E-state index is 0.304. The number of anilines is 1. The van der Waals surface area contributed by atoms with Crippen LogP contribution in [0.1, 0.15) is 54.9 Å². The molecule has 0 aliphatic heterocycles. The van der Waals surface area contributed by atoms with E-state index in [1.165, 1.54) is 32.1 Å². The van der Waals surface area contributed by atoms with Crippen molar-refractivity contribution in [1.82, 2.24) is 0 Å². The molecule has 2 rings (SSSR count). The van der Waals surface area contributed by atoms with Crippen LogP contribution in [0.25, 0.3) is 0 Å². The van der Waals surface area contributed by atoms with Gasteiger partial charge in [-0.25, -0.2) is 4.79 Å². The molecule has 3 heteroatoms. The molecule has 0 bridgehead atoms. The first-order chi connectivity index (χ1) is 9.00. The molecule has 0 atom stereocenters. The largest absolute Gasteiger partial charge is 0.478 e. The van der Waals surface area contributed by atoms with E-state index < -0.39 is 5.97 Å². The van der Waals surface area contributed by atoms with E-state index in [0.717, 1.165) is 17.8 Å². The second kappa shape index (κ2) is 5.64. The van der Waals surface area contributed by atoms with Gasteiger partial charge in [0.2, 0.25) is 0 Å². The van der Waals surface area contributed by atoms with E-state index in [0.29, 0.717) is 11.0 Å². The highest BCUT2D eigenvalue weighted by molar-refractivity contribution is 5.94. The molecule has 2 N–H and O–H groups in total. The van der Waals surface area contributed by atoms with Crippen molar-refractivity contribution in [2.75, 3.05) is 11.9 Å². The topological polar surface area (TPSA) is 49.3 Å². The highest BCUT2D eigenvalue weighted by Gasteiger charge is 2.26. The van der Waals surface area contributed by atoms with Crippen molar-refractivity contribution in [2.24, 2.45) is 5.41 Å². The SMILES string of the molecule is Cc1ccc(NCC2(C)CCCCC2)c(C(=O)O)c1. The lowest BCUT2D eigenvalue weighted by Crippen LogP contribution is -2.29. The van der Waals surface area contributed by atoms with Gasteiger partial charge in [0.25, 0.3) is 0 Å². The molecule has 1 aliphatic rings. The number of carboxylic acids is 1. The molecule has 1 aromatic carbocycles. The van der Waals surface area contributed by atoms with Gasteiger partial charge in [-0.05, 0) is 37.3 Å². The molecule has 0 heterocycles. The first-order valence-electron chi connectivity index (χ1n) is 7.08. The van der Waals surface area contributed by atoms with Gasteiger partial charge < -0.3 is 10.4 Å². The van der Waals surface area contributed by atoms with Crippen molar-refractivity contribution in [3.05, 3.63) is 29.3 Å². The zero-order valence-electron chi connectivity index (χ0n) is 11.8. The Hall–Kier alpha value is -1.51. The second-order valence-corrected chi connectivity index (χ2v) is 6.08. The minimum Gasteiger partial charge on any atom is -0.478 e. The highest BCUT2D eigenvalue weighted by Crippen LogP contribution is 2.36. The molecule has 0 radical (unpaired) electrons. The first kappa shape index (κ1) is 13.9.